The molecule has 0 atom stereocenters. The van der Waals surface area contributed by atoms with Gasteiger partial charge in [-0.25, -0.2) is 0 Å². The minimum atomic E-state index is -0.381. The molecule has 2 aromatic rings. The Bertz CT molecular complexity index is 906. The van der Waals surface area contributed by atoms with Crippen molar-refractivity contribution in [3.63, 3.8) is 0 Å². The smallest absolute Gasteiger partial charge is 0.258 e. The summed E-state index contributed by atoms with van der Waals surface area (Å²) in [7, 11) is 0. The predicted molar refractivity (Wildman–Crippen MR) is 88.4 cm³/mol. The number of aromatic nitrogens is 1. The van der Waals surface area contributed by atoms with Gasteiger partial charge < -0.3 is 0 Å². The number of pyridine rings is 1. The molecule has 1 fully saturated rings. The standard InChI is InChI=1S/C18H14N4O2/c19-10-12-8-16-15(20-11-12)9-17(21-16)18(6-1-7-18)13-2-4-14(5-3-13)22(23)24/h2-5,8,11H,1,6-7,9H2. The topological polar surface area (TPSA) is 92.2 Å². The molecule has 0 radical (unpaired) electrons. The van der Waals surface area contributed by atoms with Crippen LogP contribution in [0.2, 0.25) is 0 Å². The Morgan fingerprint density at radius 2 is 2.00 bits per heavy atom. The van der Waals surface area contributed by atoms with Gasteiger partial charge in [0, 0.05) is 35.9 Å². The lowest BCUT2D eigenvalue weighted by Gasteiger charge is -2.42. The minimum Gasteiger partial charge on any atom is -0.258 e. The Labute approximate surface area is 138 Å². The number of hydrogen-bond acceptors (Lipinski definition) is 5. The summed E-state index contributed by atoms with van der Waals surface area (Å²) in [5.74, 6) is 0. The first-order chi connectivity index (χ1) is 11.6. The molecule has 1 aliphatic carbocycles. The van der Waals surface area contributed by atoms with Crippen molar-refractivity contribution in [1.29, 1.82) is 5.26 Å². The molecule has 1 aromatic heterocycles. The zero-order valence-corrected chi connectivity index (χ0v) is 12.9. The zero-order chi connectivity index (χ0) is 16.7. The molecule has 6 heteroatoms. The fourth-order valence-corrected chi connectivity index (χ4v) is 3.57. The number of aliphatic imine (C=N–C) groups is 1. The third-order valence-corrected chi connectivity index (χ3v) is 5.06. The predicted octanol–water partition coefficient (Wildman–Crippen LogP) is 3.61. The van der Waals surface area contributed by atoms with Gasteiger partial charge in [-0.1, -0.05) is 18.6 Å². The second-order valence-corrected chi connectivity index (χ2v) is 6.28. The number of non-ortho nitro benzene ring substituents is 1. The van der Waals surface area contributed by atoms with E-state index in [1.807, 2.05) is 12.1 Å². The van der Waals surface area contributed by atoms with Crippen LogP contribution in [-0.4, -0.2) is 15.6 Å². The van der Waals surface area contributed by atoms with Crippen LogP contribution in [-0.2, 0) is 11.8 Å². The number of nitriles is 1. The molecule has 1 aromatic carbocycles. The number of rotatable bonds is 3. The SMILES string of the molecule is N#Cc1cnc2c(c1)N=C(C1(c3ccc([N+](=O)[O-])cc3)CCC1)C2. The first-order valence-electron chi connectivity index (χ1n) is 7.84. The van der Waals surface area contributed by atoms with Gasteiger partial charge in [0.2, 0.25) is 0 Å². The second-order valence-electron chi connectivity index (χ2n) is 6.28. The fourth-order valence-electron chi connectivity index (χ4n) is 3.57. The Morgan fingerprint density at radius 3 is 2.58 bits per heavy atom. The van der Waals surface area contributed by atoms with Crippen molar-refractivity contribution < 1.29 is 4.92 Å². The highest BCUT2D eigenvalue weighted by Crippen LogP contribution is 2.48. The Balaban J connectivity index is 1.71. The van der Waals surface area contributed by atoms with E-state index >= 15 is 0 Å². The van der Waals surface area contributed by atoms with E-state index in [0.29, 0.717) is 12.0 Å². The molecule has 24 heavy (non-hydrogen) atoms. The van der Waals surface area contributed by atoms with Crippen molar-refractivity contribution in [2.24, 2.45) is 4.99 Å². The van der Waals surface area contributed by atoms with Gasteiger partial charge in [-0.05, 0) is 24.5 Å². The van der Waals surface area contributed by atoms with Gasteiger partial charge in [0.15, 0.2) is 0 Å². The van der Waals surface area contributed by atoms with Crippen LogP contribution in [0.5, 0.6) is 0 Å². The monoisotopic (exact) mass is 318 g/mol. The number of nitro benzene ring substituents is 1. The summed E-state index contributed by atoms with van der Waals surface area (Å²) in [6.07, 6.45) is 5.35. The van der Waals surface area contributed by atoms with Crippen LogP contribution in [0.15, 0.2) is 41.5 Å². The normalized spacial score (nSPS) is 17.4. The summed E-state index contributed by atoms with van der Waals surface area (Å²) in [6.45, 7) is 0. The summed E-state index contributed by atoms with van der Waals surface area (Å²) in [6, 6.07) is 10.7. The maximum Gasteiger partial charge on any atom is 0.269 e. The van der Waals surface area contributed by atoms with E-state index in [0.717, 1.165) is 41.9 Å². The van der Waals surface area contributed by atoms with E-state index in [1.54, 1.807) is 24.4 Å². The van der Waals surface area contributed by atoms with E-state index in [2.05, 4.69) is 11.1 Å². The molecular formula is C18H14N4O2. The zero-order valence-electron chi connectivity index (χ0n) is 12.9. The maximum absolute atomic E-state index is 10.9. The van der Waals surface area contributed by atoms with Gasteiger partial charge in [0.1, 0.15) is 6.07 Å². The van der Waals surface area contributed by atoms with Crippen LogP contribution in [0.3, 0.4) is 0 Å². The lowest BCUT2D eigenvalue weighted by molar-refractivity contribution is -0.384. The number of fused-ring (bicyclic) bond motifs is 1. The van der Waals surface area contributed by atoms with Gasteiger partial charge in [-0.2, -0.15) is 5.26 Å². The van der Waals surface area contributed by atoms with Gasteiger partial charge >= 0.3 is 0 Å². The third-order valence-electron chi connectivity index (χ3n) is 5.06. The van der Waals surface area contributed by atoms with E-state index in [4.69, 9.17) is 10.3 Å². The van der Waals surface area contributed by atoms with Gasteiger partial charge in [0.05, 0.1) is 21.9 Å². The molecule has 0 unspecified atom stereocenters. The summed E-state index contributed by atoms with van der Waals surface area (Å²) in [4.78, 5) is 19.6. The highest BCUT2D eigenvalue weighted by Gasteiger charge is 2.45. The van der Waals surface area contributed by atoms with Crippen LogP contribution in [0.1, 0.15) is 36.1 Å². The van der Waals surface area contributed by atoms with E-state index in [9.17, 15) is 10.1 Å². The second kappa shape index (κ2) is 5.24. The van der Waals surface area contributed by atoms with Crippen molar-refractivity contribution in [2.45, 2.75) is 31.1 Å². The lowest BCUT2D eigenvalue weighted by Crippen LogP contribution is -2.42. The number of nitrogens with zero attached hydrogens (tertiary/aromatic N) is 4. The van der Waals surface area contributed by atoms with Gasteiger partial charge in [-0.15, -0.1) is 0 Å². The number of benzene rings is 1. The summed E-state index contributed by atoms with van der Waals surface area (Å²) >= 11 is 0. The Kier molecular flexibility index (Phi) is 3.17. The van der Waals surface area contributed by atoms with E-state index in [-0.39, 0.29) is 16.0 Å². The number of nitro groups is 1. The number of hydrogen-bond donors (Lipinski definition) is 0. The van der Waals surface area contributed by atoms with Crippen LogP contribution >= 0.6 is 0 Å². The largest absolute Gasteiger partial charge is 0.269 e. The fraction of sp³-hybridized carbons (Fsp3) is 0.278. The van der Waals surface area contributed by atoms with Crippen molar-refractivity contribution in [3.05, 3.63) is 63.5 Å². The van der Waals surface area contributed by atoms with Gasteiger partial charge in [-0.3, -0.25) is 20.1 Å². The molecule has 6 nitrogen and oxygen atoms in total. The molecule has 1 saturated carbocycles. The molecule has 118 valence electrons. The van der Waals surface area contributed by atoms with Crippen molar-refractivity contribution in [1.82, 2.24) is 4.98 Å². The first kappa shape index (κ1) is 14.5. The highest BCUT2D eigenvalue weighted by molar-refractivity contribution is 6.02. The third kappa shape index (κ3) is 2.09. The molecular weight excluding hydrogens is 304 g/mol. The molecule has 0 amide bonds. The molecule has 2 aliphatic rings. The Hall–Kier alpha value is -3.07. The van der Waals surface area contributed by atoms with Crippen molar-refractivity contribution >= 4 is 17.1 Å². The molecule has 0 spiro atoms. The lowest BCUT2D eigenvalue weighted by atomic mass is 9.61. The van der Waals surface area contributed by atoms with Crippen LogP contribution in [0.4, 0.5) is 11.4 Å². The molecule has 0 N–H and O–H groups in total. The summed E-state index contributed by atoms with van der Waals surface area (Å²) < 4.78 is 0. The molecule has 4 rings (SSSR count). The molecule has 1 aliphatic heterocycles. The van der Waals surface area contributed by atoms with E-state index < -0.39 is 0 Å². The van der Waals surface area contributed by atoms with Crippen LogP contribution < -0.4 is 0 Å². The quantitative estimate of drug-likeness (QED) is 0.638. The molecule has 0 bridgehead atoms. The van der Waals surface area contributed by atoms with Gasteiger partial charge in [0.25, 0.3) is 5.69 Å². The highest BCUT2D eigenvalue weighted by atomic mass is 16.6. The van der Waals surface area contributed by atoms with E-state index in [1.165, 1.54) is 0 Å². The average molecular weight is 318 g/mol. The first-order valence-corrected chi connectivity index (χ1v) is 7.84. The summed E-state index contributed by atoms with van der Waals surface area (Å²) in [5, 5.41) is 19.9. The molecule has 2 heterocycles. The maximum atomic E-state index is 10.9. The molecule has 0 saturated heterocycles. The van der Waals surface area contributed by atoms with Crippen LogP contribution in [0.25, 0.3) is 0 Å². The van der Waals surface area contributed by atoms with Crippen molar-refractivity contribution in [2.75, 3.05) is 0 Å². The van der Waals surface area contributed by atoms with Crippen molar-refractivity contribution in [3.8, 4) is 6.07 Å². The van der Waals surface area contributed by atoms with Crippen LogP contribution in [0, 0.1) is 21.4 Å². The average Bonchev–Trinajstić information content (AvgIpc) is 2.97. The Morgan fingerprint density at radius 1 is 1.25 bits per heavy atom. The minimum absolute atomic E-state index is 0.102. The summed E-state index contributed by atoms with van der Waals surface area (Å²) in [5.41, 5.74) is 4.27.